The largest absolute Gasteiger partial charge is 0.347 e. The first-order valence-electron chi connectivity index (χ1n) is 9.82. The molecule has 1 aliphatic rings. The average Bonchev–Trinajstić information content (AvgIpc) is 3.07. The Morgan fingerprint density at radius 3 is 2.52 bits per heavy atom. The summed E-state index contributed by atoms with van der Waals surface area (Å²) in [5.41, 5.74) is 3.91. The van der Waals surface area contributed by atoms with Gasteiger partial charge in [-0.1, -0.05) is 30.3 Å². The predicted molar refractivity (Wildman–Crippen MR) is 110 cm³/mol. The van der Waals surface area contributed by atoms with Gasteiger partial charge in [0, 0.05) is 26.2 Å². The number of fused-ring (bicyclic) bond motifs is 1. The number of nitrogens with one attached hydrogen (secondary N) is 1. The topological polar surface area (TPSA) is 58.9 Å². The van der Waals surface area contributed by atoms with Crippen LogP contribution in [0, 0.1) is 12.8 Å². The molecule has 0 atom stereocenters. The van der Waals surface area contributed by atoms with Crippen LogP contribution in [0.15, 0.2) is 30.3 Å². The van der Waals surface area contributed by atoms with Crippen molar-refractivity contribution >= 4 is 17.1 Å². The van der Waals surface area contributed by atoms with Gasteiger partial charge in [0.2, 0.25) is 5.95 Å². The van der Waals surface area contributed by atoms with Crippen LogP contribution in [-0.4, -0.2) is 46.7 Å². The lowest BCUT2D eigenvalue weighted by Gasteiger charge is -2.23. The minimum atomic E-state index is 0.739. The van der Waals surface area contributed by atoms with Crippen LogP contribution in [0.3, 0.4) is 0 Å². The van der Waals surface area contributed by atoms with E-state index in [0.717, 1.165) is 66.2 Å². The molecule has 6 heteroatoms. The number of hydrogen-bond donors (Lipinski definition) is 1. The second-order valence-electron chi connectivity index (χ2n) is 7.61. The molecular formula is C21H28N6. The van der Waals surface area contributed by atoms with Crippen LogP contribution < -0.4 is 10.2 Å². The molecule has 1 aromatic carbocycles. The van der Waals surface area contributed by atoms with Gasteiger partial charge in [0.1, 0.15) is 11.3 Å². The number of aryl methyl sites for hydroxylation is 2. The van der Waals surface area contributed by atoms with Crippen molar-refractivity contribution in [1.82, 2.24) is 24.8 Å². The van der Waals surface area contributed by atoms with Gasteiger partial charge in [-0.3, -0.25) is 0 Å². The molecule has 0 amide bonds. The smallest absolute Gasteiger partial charge is 0.227 e. The minimum Gasteiger partial charge on any atom is -0.347 e. The van der Waals surface area contributed by atoms with E-state index in [4.69, 9.17) is 9.97 Å². The van der Waals surface area contributed by atoms with E-state index >= 15 is 0 Å². The summed E-state index contributed by atoms with van der Waals surface area (Å²) >= 11 is 0. The normalized spacial score (nSPS) is 15.4. The van der Waals surface area contributed by atoms with Gasteiger partial charge in [-0.05, 0) is 45.2 Å². The summed E-state index contributed by atoms with van der Waals surface area (Å²) in [6.07, 6.45) is 3.67. The van der Waals surface area contributed by atoms with Crippen molar-refractivity contribution in [1.29, 1.82) is 0 Å². The molecule has 4 rings (SSSR count). The van der Waals surface area contributed by atoms with Crippen LogP contribution in [0.4, 0.5) is 5.95 Å². The van der Waals surface area contributed by atoms with E-state index in [-0.39, 0.29) is 0 Å². The zero-order valence-electron chi connectivity index (χ0n) is 16.4. The Hall–Kier alpha value is -2.47. The Bertz CT molecular complexity index is 909. The van der Waals surface area contributed by atoms with Crippen LogP contribution in [0.1, 0.15) is 25.0 Å². The van der Waals surface area contributed by atoms with E-state index < -0.39 is 0 Å². The van der Waals surface area contributed by atoms with Crippen molar-refractivity contribution < 1.29 is 0 Å². The first-order chi connectivity index (χ1) is 13.1. The number of aromatic nitrogens is 4. The molecule has 27 heavy (non-hydrogen) atoms. The van der Waals surface area contributed by atoms with Gasteiger partial charge < -0.3 is 14.8 Å². The van der Waals surface area contributed by atoms with E-state index in [0.29, 0.717) is 0 Å². The van der Waals surface area contributed by atoms with Gasteiger partial charge in [-0.15, -0.1) is 0 Å². The number of benzene rings is 1. The fourth-order valence-corrected chi connectivity index (χ4v) is 3.82. The fourth-order valence-electron chi connectivity index (χ4n) is 3.82. The zero-order valence-corrected chi connectivity index (χ0v) is 16.4. The molecule has 0 aliphatic carbocycles. The van der Waals surface area contributed by atoms with Gasteiger partial charge in [0.05, 0.1) is 5.69 Å². The summed E-state index contributed by atoms with van der Waals surface area (Å²) in [6, 6.07) is 10.4. The monoisotopic (exact) mass is 364 g/mol. The van der Waals surface area contributed by atoms with Gasteiger partial charge in [0.25, 0.3) is 0 Å². The number of hydrogen-bond acceptors (Lipinski definition) is 5. The van der Waals surface area contributed by atoms with Crippen molar-refractivity contribution in [2.75, 3.05) is 32.1 Å². The predicted octanol–water partition coefficient (Wildman–Crippen LogP) is 3.26. The first-order valence-corrected chi connectivity index (χ1v) is 9.82. The van der Waals surface area contributed by atoms with Gasteiger partial charge in [0.15, 0.2) is 5.65 Å². The van der Waals surface area contributed by atoms with Crippen LogP contribution >= 0.6 is 0 Å². The maximum Gasteiger partial charge on any atom is 0.227 e. The lowest BCUT2D eigenvalue weighted by molar-refractivity contribution is 0.339. The van der Waals surface area contributed by atoms with E-state index in [1.165, 1.54) is 12.8 Å². The second-order valence-corrected chi connectivity index (χ2v) is 7.61. The van der Waals surface area contributed by atoms with Crippen LogP contribution in [0.2, 0.25) is 0 Å². The summed E-state index contributed by atoms with van der Waals surface area (Å²) in [5.74, 6) is 2.50. The molecule has 1 fully saturated rings. The van der Waals surface area contributed by atoms with E-state index in [2.05, 4.69) is 39.1 Å². The molecule has 0 bridgehead atoms. The summed E-state index contributed by atoms with van der Waals surface area (Å²) in [6.45, 7) is 5.23. The van der Waals surface area contributed by atoms with Gasteiger partial charge in [-0.2, -0.15) is 4.98 Å². The average molecular weight is 364 g/mol. The van der Waals surface area contributed by atoms with Crippen molar-refractivity contribution in [2.45, 2.75) is 32.7 Å². The Kier molecular flexibility index (Phi) is 5.07. The number of anilines is 1. The minimum absolute atomic E-state index is 0.739. The number of nitrogens with zero attached hydrogens (tertiary/aromatic N) is 5. The van der Waals surface area contributed by atoms with Crippen molar-refractivity contribution in [3.63, 3.8) is 0 Å². The Morgan fingerprint density at radius 2 is 1.81 bits per heavy atom. The van der Waals surface area contributed by atoms with E-state index in [9.17, 15) is 0 Å². The lowest BCUT2D eigenvalue weighted by atomic mass is 9.95. The van der Waals surface area contributed by atoms with Gasteiger partial charge >= 0.3 is 0 Å². The highest BCUT2D eigenvalue weighted by molar-refractivity contribution is 5.80. The van der Waals surface area contributed by atoms with Crippen molar-refractivity contribution in [3.8, 4) is 11.4 Å². The van der Waals surface area contributed by atoms with E-state index in [1.54, 1.807) is 0 Å². The fraction of sp³-hybridized carbons (Fsp3) is 0.476. The Morgan fingerprint density at radius 1 is 1.07 bits per heavy atom. The third kappa shape index (κ3) is 3.67. The van der Waals surface area contributed by atoms with Crippen molar-refractivity contribution in [3.05, 3.63) is 36.0 Å². The molecular weight excluding hydrogens is 336 g/mol. The second kappa shape index (κ2) is 7.64. The summed E-state index contributed by atoms with van der Waals surface area (Å²) in [7, 11) is 3.96. The van der Waals surface area contributed by atoms with Crippen molar-refractivity contribution in [2.24, 2.45) is 5.92 Å². The molecule has 3 aromatic rings. The molecule has 1 aliphatic heterocycles. The molecule has 3 heterocycles. The third-order valence-corrected chi connectivity index (χ3v) is 5.41. The number of imidazole rings is 1. The third-order valence-electron chi connectivity index (χ3n) is 5.41. The standard InChI is InChI=1S/C21H28N6/c1-15-18-20(25-21(23-15)26(2)3)27(14-11-16-9-12-22-13-10-16)19(24-18)17-7-5-4-6-8-17/h4-8,16,22H,9-14H2,1-3H3. The maximum absolute atomic E-state index is 4.95. The molecule has 142 valence electrons. The van der Waals surface area contributed by atoms with Crippen LogP contribution in [0.5, 0.6) is 0 Å². The highest BCUT2D eigenvalue weighted by Gasteiger charge is 2.20. The highest BCUT2D eigenvalue weighted by atomic mass is 15.2. The quantitative estimate of drug-likeness (QED) is 0.753. The lowest BCUT2D eigenvalue weighted by Crippen LogP contribution is -2.28. The highest BCUT2D eigenvalue weighted by Crippen LogP contribution is 2.28. The SMILES string of the molecule is Cc1nc(N(C)C)nc2c1nc(-c1ccccc1)n2CCC1CCNCC1. The molecule has 0 unspecified atom stereocenters. The maximum atomic E-state index is 4.95. The summed E-state index contributed by atoms with van der Waals surface area (Å²) in [5, 5.41) is 3.46. The van der Waals surface area contributed by atoms with Gasteiger partial charge in [-0.25, -0.2) is 9.97 Å². The molecule has 1 saturated heterocycles. The molecule has 1 N–H and O–H groups in total. The molecule has 2 aromatic heterocycles. The van der Waals surface area contributed by atoms with E-state index in [1.807, 2.05) is 32.0 Å². The number of rotatable bonds is 5. The zero-order chi connectivity index (χ0) is 18.8. The summed E-state index contributed by atoms with van der Waals surface area (Å²) in [4.78, 5) is 16.4. The molecule has 0 saturated carbocycles. The number of piperidine rings is 1. The molecule has 0 radical (unpaired) electrons. The Balaban J connectivity index is 1.78. The van der Waals surface area contributed by atoms with Crippen LogP contribution in [0.25, 0.3) is 22.6 Å². The summed E-state index contributed by atoms with van der Waals surface area (Å²) < 4.78 is 2.30. The molecule has 0 spiro atoms. The molecule has 6 nitrogen and oxygen atoms in total. The van der Waals surface area contributed by atoms with Crippen LogP contribution in [-0.2, 0) is 6.54 Å². The Labute approximate surface area is 160 Å². The first kappa shape index (κ1) is 17.9.